The fraction of sp³-hybridized carbons (Fsp3) is 0.308. The second-order valence-electron chi connectivity index (χ2n) is 4.28. The third-order valence-electron chi connectivity index (χ3n) is 3.06. The van der Waals surface area contributed by atoms with Crippen LogP contribution in [0.5, 0.6) is 0 Å². The maximum absolute atomic E-state index is 11.9. The molecule has 7 nitrogen and oxygen atoms in total. The van der Waals surface area contributed by atoms with Crippen molar-refractivity contribution in [1.82, 2.24) is 5.01 Å². The molecular formula is C13H14N2O5. The number of ether oxygens (including phenoxy) is 2. The molecule has 2 rings (SSSR count). The summed E-state index contributed by atoms with van der Waals surface area (Å²) in [5.74, 6) is 1.95. The molecule has 0 aliphatic carbocycles. The molecule has 20 heavy (non-hydrogen) atoms. The van der Waals surface area contributed by atoms with Crippen LogP contribution in [0.3, 0.4) is 0 Å². The smallest absolute Gasteiger partial charge is 0.331 e. The first-order valence-electron chi connectivity index (χ1n) is 5.92. The summed E-state index contributed by atoms with van der Waals surface area (Å²) in [6.07, 6.45) is 0. The van der Waals surface area contributed by atoms with Gasteiger partial charge in [0.2, 0.25) is 0 Å². The minimum absolute atomic E-state index is 0.0297. The Morgan fingerprint density at radius 3 is 2.50 bits per heavy atom. The topological polar surface area (TPSA) is 98.9 Å². The number of hydrazine groups is 1. The second-order valence-corrected chi connectivity index (χ2v) is 4.28. The minimum atomic E-state index is -1.23. The number of carbonyl (C=O) groups excluding carboxylic acids is 3. The highest BCUT2D eigenvalue weighted by Crippen LogP contribution is 2.26. The number of methoxy groups -OCH3 is 1. The predicted octanol–water partition coefficient (Wildman–Crippen LogP) is -0.397. The van der Waals surface area contributed by atoms with Gasteiger partial charge in [0.1, 0.15) is 6.61 Å². The van der Waals surface area contributed by atoms with Crippen LogP contribution in [-0.2, 0) is 30.5 Å². The van der Waals surface area contributed by atoms with Crippen LogP contribution in [0.25, 0.3) is 0 Å². The number of nitrogens with two attached hydrogens (primary N) is 1. The predicted molar refractivity (Wildman–Crippen MR) is 66.6 cm³/mol. The summed E-state index contributed by atoms with van der Waals surface area (Å²) >= 11 is 0. The summed E-state index contributed by atoms with van der Waals surface area (Å²) in [5.41, 5.74) is 0.784. The summed E-state index contributed by atoms with van der Waals surface area (Å²) in [6, 6.07) is 7.88. The van der Waals surface area contributed by atoms with Crippen molar-refractivity contribution in [1.29, 1.82) is 0 Å². The fourth-order valence-corrected chi connectivity index (χ4v) is 1.93. The van der Waals surface area contributed by atoms with E-state index in [4.69, 9.17) is 10.6 Å². The molecule has 0 aromatic heterocycles. The van der Waals surface area contributed by atoms with Crippen LogP contribution in [0, 0.1) is 5.92 Å². The van der Waals surface area contributed by atoms with Gasteiger partial charge < -0.3 is 9.47 Å². The van der Waals surface area contributed by atoms with Crippen LogP contribution in [0.2, 0.25) is 0 Å². The maximum atomic E-state index is 11.9. The van der Waals surface area contributed by atoms with E-state index in [1.807, 2.05) is 6.07 Å². The fourth-order valence-electron chi connectivity index (χ4n) is 1.93. The lowest BCUT2D eigenvalue weighted by Gasteiger charge is -2.39. The Hall–Kier alpha value is -2.41. The molecule has 1 amide bonds. The molecule has 0 saturated carbocycles. The number of hydrogen-bond donors (Lipinski definition) is 1. The summed E-state index contributed by atoms with van der Waals surface area (Å²) in [7, 11) is 1.16. The molecule has 1 saturated heterocycles. The van der Waals surface area contributed by atoms with E-state index in [1.165, 1.54) is 0 Å². The minimum Gasteiger partial charge on any atom is -0.467 e. The van der Waals surface area contributed by atoms with E-state index < -0.39 is 29.8 Å². The molecule has 1 heterocycles. The van der Waals surface area contributed by atoms with E-state index in [9.17, 15) is 14.4 Å². The number of carbonyl (C=O) groups is 3. The summed E-state index contributed by atoms with van der Waals surface area (Å²) in [5, 5.41) is 0.681. The molecule has 0 radical (unpaired) electrons. The van der Waals surface area contributed by atoms with Gasteiger partial charge in [-0.15, -0.1) is 0 Å². The Balaban J connectivity index is 1.98. The first-order valence-corrected chi connectivity index (χ1v) is 5.92. The zero-order valence-electron chi connectivity index (χ0n) is 10.8. The number of rotatable bonds is 4. The normalized spacial score (nSPS) is 21.1. The molecule has 0 spiro atoms. The van der Waals surface area contributed by atoms with Gasteiger partial charge in [0.05, 0.1) is 7.11 Å². The number of benzene rings is 1. The van der Waals surface area contributed by atoms with Gasteiger partial charge in [-0.25, -0.2) is 10.6 Å². The molecule has 1 aromatic rings. The van der Waals surface area contributed by atoms with Crippen LogP contribution < -0.4 is 5.84 Å². The van der Waals surface area contributed by atoms with Crippen LogP contribution in [0.15, 0.2) is 30.3 Å². The molecular weight excluding hydrogens is 264 g/mol. The molecule has 1 aliphatic rings. The van der Waals surface area contributed by atoms with Crippen LogP contribution >= 0.6 is 0 Å². The lowest BCUT2D eigenvalue weighted by molar-refractivity contribution is -0.184. The molecule has 2 unspecified atom stereocenters. The zero-order chi connectivity index (χ0) is 14.7. The van der Waals surface area contributed by atoms with E-state index >= 15 is 0 Å². The lowest BCUT2D eigenvalue weighted by Crippen LogP contribution is -2.69. The number of nitrogens with zero attached hydrogens (tertiary/aromatic N) is 1. The van der Waals surface area contributed by atoms with Gasteiger partial charge in [0, 0.05) is 0 Å². The van der Waals surface area contributed by atoms with Gasteiger partial charge in [0.15, 0.2) is 12.0 Å². The molecule has 2 atom stereocenters. The first-order chi connectivity index (χ1) is 9.56. The quantitative estimate of drug-likeness (QED) is 0.264. The van der Waals surface area contributed by atoms with E-state index in [2.05, 4.69) is 4.74 Å². The lowest BCUT2D eigenvalue weighted by atomic mass is 9.89. The standard InChI is InChI=1S/C13H14N2O5/c1-19-13(18)10-9(11(16)15(10)14)12(17)20-7-8-5-3-2-4-6-8/h2-6,9-10H,7,14H2,1H3. The van der Waals surface area contributed by atoms with E-state index in [1.54, 1.807) is 24.3 Å². The van der Waals surface area contributed by atoms with Crippen molar-refractivity contribution in [2.45, 2.75) is 12.6 Å². The van der Waals surface area contributed by atoms with Crippen LogP contribution in [-0.4, -0.2) is 36.0 Å². The Morgan fingerprint density at radius 1 is 1.25 bits per heavy atom. The van der Waals surface area contributed by atoms with Gasteiger partial charge in [-0.05, 0) is 5.56 Å². The van der Waals surface area contributed by atoms with Crippen molar-refractivity contribution in [2.75, 3.05) is 7.11 Å². The number of esters is 2. The van der Waals surface area contributed by atoms with Crippen molar-refractivity contribution in [3.8, 4) is 0 Å². The number of hydrogen-bond acceptors (Lipinski definition) is 6. The van der Waals surface area contributed by atoms with Gasteiger partial charge in [-0.2, -0.15) is 0 Å². The Bertz CT molecular complexity index is 531. The molecule has 0 bridgehead atoms. The Labute approximate surface area is 115 Å². The number of amides is 1. The van der Waals surface area contributed by atoms with Crippen LogP contribution in [0.1, 0.15) is 5.56 Å². The molecule has 1 aromatic carbocycles. The highest BCUT2D eigenvalue weighted by atomic mass is 16.5. The molecule has 106 valence electrons. The van der Waals surface area contributed by atoms with Gasteiger partial charge in [-0.1, -0.05) is 30.3 Å². The van der Waals surface area contributed by atoms with Gasteiger partial charge in [-0.3, -0.25) is 14.6 Å². The largest absolute Gasteiger partial charge is 0.467 e. The van der Waals surface area contributed by atoms with Crippen molar-refractivity contribution in [3.63, 3.8) is 0 Å². The van der Waals surface area contributed by atoms with Crippen LogP contribution in [0.4, 0.5) is 0 Å². The average molecular weight is 278 g/mol. The molecule has 7 heteroatoms. The summed E-state index contributed by atoms with van der Waals surface area (Å²) in [6.45, 7) is 0.0297. The maximum Gasteiger partial charge on any atom is 0.331 e. The van der Waals surface area contributed by atoms with E-state index in [0.29, 0.717) is 5.01 Å². The second kappa shape index (κ2) is 5.70. The molecule has 1 aliphatic heterocycles. The van der Waals surface area contributed by atoms with Gasteiger partial charge >= 0.3 is 11.9 Å². The van der Waals surface area contributed by atoms with E-state index in [-0.39, 0.29) is 6.61 Å². The monoisotopic (exact) mass is 278 g/mol. The highest BCUT2D eigenvalue weighted by molar-refractivity contribution is 6.09. The molecule has 2 N–H and O–H groups in total. The van der Waals surface area contributed by atoms with Gasteiger partial charge in [0.25, 0.3) is 5.91 Å². The SMILES string of the molecule is COC(=O)C1C(C(=O)OCc2ccccc2)C(=O)N1N. The third kappa shape index (κ3) is 2.48. The van der Waals surface area contributed by atoms with Crippen molar-refractivity contribution >= 4 is 17.8 Å². The summed E-state index contributed by atoms with van der Waals surface area (Å²) < 4.78 is 9.52. The summed E-state index contributed by atoms with van der Waals surface area (Å²) in [4.78, 5) is 34.8. The van der Waals surface area contributed by atoms with Crippen molar-refractivity contribution in [2.24, 2.45) is 11.8 Å². The zero-order valence-corrected chi connectivity index (χ0v) is 10.8. The average Bonchev–Trinajstić information content (AvgIpc) is 2.49. The number of β-lactam (4-membered cyclic amide) rings is 1. The highest BCUT2D eigenvalue weighted by Gasteiger charge is 2.56. The Kier molecular flexibility index (Phi) is 3.99. The Morgan fingerprint density at radius 2 is 1.90 bits per heavy atom. The van der Waals surface area contributed by atoms with Crippen molar-refractivity contribution in [3.05, 3.63) is 35.9 Å². The third-order valence-corrected chi connectivity index (χ3v) is 3.06. The van der Waals surface area contributed by atoms with E-state index in [0.717, 1.165) is 12.7 Å². The molecule has 1 fully saturated rings. The first kappa shape index (κ1) is 14.0. The van der Waals surface area contributed by atoms with Crippen molar-refractivity contribution < 1.29 is 23.9 Å².